The molecule has 1 aliphatic heterocycles. The van der Waals surface area contributed by atoms with E-state index in [1.807, 2.05) is 18.2 Å². The summed E-state index contributed by atoms with van der Waals surface area (Å²) in [5, 5.41) is 19.6. The van der Waals surface area contributed by atoms with Gasteiger partial charge in [-0.25, -0.2) is 0 Å². The number of aliphatic hydroxyl groups is 1. The Morgan fingerprint density at radius 2 is 1.90 bits per heavy atom. The molecule has 2 N–H and O–H groups in total. The number of hydrogen-bond acceptors (Lipinski definition) is 4. The molecule has 1 aliphatic rings. The van der Waals surface area contributed by atoms with Crippen molar-refractivity contribution in [3.63, 3.8) is 0 Å². The lowest BCUT2D eigenvalue weighted by Crippen LogP contribution is -2.47. The molecule has 0 fully saturated rings. The van der Waals surface area contributed by atoms with Crippen LogP contribution in [0.4, 0.5) is 0 Å². The summed E-state index contributed by atoms with van der Waals surface area (Å²) >= 11 is 0. The zero-order chi connectivity index (χ0) is 15.0. The molecule has 2 rings (SSSR count). The van der Waals surface area contributed by atoms with E-state index in [1.165, 1.54) is 13.8 Å². The number of aliphatic carboxylic acids is 1. The van der Waals surface area contributed by atoms with Crippen LogP contribution in [0.3, 0.4) is 0 Å². The van der Waals surface area contributed by atoms with Gasteiger partial charge in [0.05, 0.1) is 11.0 Å². The lowest BCUT2D eigenvalue weighted by atomic mass is 9.73. The fourth-order valence-corrected chi connectivity index (χ4v) is 2.03. The van der Waals surface area contributed by atoms with E-state index in [2.05, 4.69) is 0 Å². The predicted molar refractivity (Wildman–Crippen MR) is 72.9 cm³/mol. The molecular weight excluding hydrogens is 260 g/mol. The second kappa shape index (κ2) is 4.98. The molecule has 1 aromatic rings. The summed E-state index contributed by atoms with van der Waals surface area (Å²) in [6.07, 6.45) is 0.923. The maximum Gasteiger partial charge on any atom is 0.311 e. The molecule has 0 bridgehead atoms. The van der Waals surface area contributed by atoms with Gasteiger partial charge in [0.1, 0.15) is 0 Å². The molecule has 0 amide bonds. The van der Waals surface area contributed by atoms with E-state index in [4.69, 9.17) is 9.47 Å². The van der Waals surface area contributed by atoms with Crippen LogP contribution in [0, 0.1) is 5.41 Å². The number of carboxylic acids is 1. The SMILES string of the molecule is CC(O)(CCc1ccc2c(c1)OCO2)C(C)(C)C(=O)O. The van der Waals surface area contributed by atoms with Crippen LogP contribution in [-0.4, -0.2) is 28.6 Å². The van der Waals surface area contributed by atoms with Gasteiger partial charge in [0.15, 0.2) is 11.5 Å². The number of carboxylic acid groups (broad SMARTS) is 1. The smallest absolute Gasteiger partial charge is 0.311 e. The molecule has 1 unspecified atom stereocenters. The minimum Gasteiger partial charge on any atom is -0.481 e. The van der Waals surface area contributed by atoms with Gasteiger partial charge in [-0.05, 0) is 51.3 Å². The van der Waals surface area contributed by atoms with Gasteiger partial charge < -0.3 is 19.7 Å². The molecule has 1 heterocycles. The van der Waals surface area contributed by atoms with Gasteiger partial charge in [-0.15, -0.1) is 0 Å². The first-order chi connectivity index (χ1) is 9.24. The van der Waals surface area contributed by atoms with E-state index in [1.54, 1.807) is 6.92 Å². The second-order valence-corrected chi connectivity index (χ2v) is 5.89. The van der Waals surface area contributed by atoms with Crippen molar-refractivity contribution in [2.45, 2.75) is 39.2 Å². The predicted octanol–water partition coefficient (Wildman–Crippen LogP) is 2.21. The summed E-state index contributed by atoms with van der Waals surface area (Å²) < 4.78 is 10.5. The molecule has 0 spiro atoms. The van der Waals surface area contributed by atoms with Gasteiger partial charge in [0, 0.05) is 0 Å². The Kier molecular flexibility index (Phi) is 3.65. The zero-order valence-electron chi connectivity index (χ0n) is 12.0. The van der Waals surface area contributed by atoms with E-state index in [-0.39, 0.29) is 6.79 Å². The summed E-state index contributed by atoms with van der Waals surface area (Å²) in [6.45, 7) is 4.86. The average molecular weight is 280 g/mol. The first-order valence-electron chi connectivity index (χ1n) is 6.58. The third kappa shape index (κ3) is 2.58. The fourth-order valence-electron chi connectivity index (χ4n) is 2.03. The number of rotatable bonds is 5. The largest absolute Gasteiger partial charge is 0.481 e. The van der Waals surface area contributed by atoms with Gasteiger partial charge in [0.25, 0.3) is 0 Å². The topological polar surface area (TPSA) is 76.0 Å². The van der Waals surface area contributed by atoms with Crippen molar-refractivity contribution in [3.8, 4) is 11.5 Å². The molecule has 0 saturated carbocycles. The molecule has 110 valence electrons. The van der Waals surface area contributed by atoms with Crippen LogP contribution in [-0.2, 0) is 11.2 Å². The quantitative estimate of drug-likeness (QED) is 0.864. The van der Waals surface area contributed by atoms with Gasteiger partial charge in [-0.2, -0.15) is 0 Å². The maximum absolute atomic E-state index is 11.2. The Balaban J connectivity index is 2.06. The molecule has 5 nitrogen and oxygen atoms in total. The highest BCUT2D eigenvalue weighted by Crippen LogP contribution is 2.36. The molecule has 20 heavy (non-hydrogen) atoms. The van der Waals surface area contributed by atoms with Crippen LogP contribution in [0.5, 0.6) is 11.5 Å². The highest BCUT2D eigenvalue weighted by atomic mass is 16.7. The summed E-state index contributed by atoms with van der Waals surface area (Å²) in [5.41, 5.74) is -1.52. The minimum atomic E-state index is -1.30. The standard InChI is InChI=1S/C15H20O5/c1-14(2,13(16)17)15(3,18)7-6-10-4-5-11-12(8-10)20-9-19-11/h4-5,8,18H,6-7,9H2,1-3H3,(H,16,17). The summed E-state index contributed by atoms with van der Waals surface area (Å²) in [6, 6.07) is 5.60. The third-order valence-electron chi connectivity index (χ3n) is 4.22. The van der Waals surface area contributed by atoms with Crippen molar-refractivity contribution in [3.05, 3.63) is 23.8 Å². The monoisotopic (exact) mass is 280 g/mol. The van der Waals surface area contributed by atoms with E-state index < -0.39 is 17.0 Å². The Labute approximate surface area is 118 Å². The molecule has 0 aromatic heterocycles. The van der Waals surface area contributed by atoms with Gasteiger partial charge in [0.2, 0.25) is 6.79 Å². The van der Waals surface area contributed by atoms with Gasteiger partial charge in [-0.3, -0.25) is 4.79 Å². The Morgan fingerprint density at radius 1 is 1.25 bits per heavy atom. The number of aryl methyl sites for hydroxylation is 1. The van der Waals surface area contributed by atoms with Crippen LogP contribution < -0.4 is 9.47 Å². The minimum absolute atomic E-state index is 0.225. The molecular formula is C15H20O5. The van der Waals surface area contributed by atoms with Crippen molar-refractivity contribution in [2.75, 3.05) is 6.79 Å². The van der Waals surface area contributed by atoms with Crippen molar-refractivity contribution < 1.29 is 24.5 Å². The molecule has 1 atom stereocenters. The first-order valence-corrected chi connectivity index (χ1v) is 6.58. The van der Waals surface area contributed by atoms with E-state index >= 15 is 0 Å². The van der Waals surface area contributed by atoms with Crippen LogP contribution in [0.1, 0.15) is 32.8 Å². The highest BCUT2D eigenvalue weighted by Gasteiger charge is 2.45. The van der Waals surface area contributed by atoms with Crippen molar-refractivity contribution in [1.82, 2.24) is 0 Å². The summed E-state index contributed by atoms with van der Waals surface area (Å²) in [4.78, 5) is 11.2. The average Bonchev–Trinajstić information content (AvgIpc) is 2.83. The van der Waals surface area contributed by atoms with Crippen LogP contribution >= 0.6 is 0 Å². The zero-order valence-corrected chi connectivity index (χ0v) is 12.0. The Bertz CT molecular complexity index is 519. The Hall–Kier alpha value is -1.75. The van der Waals surface area contributed by atoms with Crippen LogP contribution in [0.15, 0.2) is 18.2 Å². The van der Waals surface area contributed by atoms with Crippen molar-refractivity contribution in [1.29, 1.82) is 0 Å². The molecule has 5 heteroatoms. The molecule has 0 aliphatic carbocycles. The molecule has 0 radical (unpaired) electrons. The first kappa shape index (κ1) is 14.7. The highest BCUT2D eigenvalue weighted by molar-refractivity contribution is 5.75. The Morgan fingerprint density at radius 3 is 2.55 bits per heavy atom. The third-order valence-corrected chi connectivity index (χ3v) is 4.22. The fraction of sp³-hybridized carbons (Fsp3) is 0.533. The van der Waals surface area contributed by atoms with Crippen molar-refractivity contribution in [2.24, 2.45) is 5.41 Å². The summed E-state index contributed by atoms with van der Waals surface area (Å²) in [7, 11) is 0. The normalized spacial score (nSPS) is 16.8. The van der Waals surface area contributed by atoms with Gasteiger partial charge in [-0.1, -0.05) is 6.07 Å². The number of hydrogen-bond donors (Lipinski definition) is 2. The number of benzene rings is 1. The van der Waals surface area contributed by atoms with Crippen LogP contribution in [0.25, 0.3) is 0 Å². The second-order valence-electron chi connectivity index (χ2n) is 5.89. The van der Waals surface area contributed by atoms with E-state index in [0.29, 0.717) is 24.3 Å². The maximum atomic E-state index is 11.2. The molecule has 1 aromatic carbocycles. The van der Waals surface area contributed by atoms with E-state index in [9.17, 15) is 15.0 Å². The lowest BCUT2D eigenvalue weighted by molar-refractivity contribution is -0.163. The van der Waals surface area contributed by atoms with E-state index in [0.717, 1.165) is 5.56 Å². The van der Waals surface area contributed by atoms with Gasteiger partial charge >= 0.3 is 5.97 Å². The number of fused-ring (bicyclic) bond motifs is 1. The lowest BCUT2D eigenvalue weighted by Gasteiger charge is -2.36. The molecule has 0 saturated heterocycles. The number of carbonyl (C=O) groups is 1. The summed E-state index contributed by atoms with van der Waals surface area (Å²) in [5.74, 6) is 0.402. The van der Waals surface area contributed by atoms with Crippen LogP contribution in [0.2, 0.25) is 0 Å². The van der Waals surface area contributed by atoms with Crippen molar-refractivity contribution >= 4 is 5.97 Å². The number of ether oxygens (including phenoxy) is 2.